The molecule has 0 aliphatic heterocycles. The Morgan fingerprint density at radius 1 is 0.328 bits per heavy atom. The van der Waals surface area contributed by atoms with Gasteiger partial charge in [-0.1, -0.05) is 190 Å². The molecule has 64 heavy (non-hydrogen) atoms. The molecule has 1 aliphatic rings. The van der Waals surface area contributed by atoms with E-state index in [1.54, 1.807) is 0 Å². The lowest BCUT2D eigenvalue weighted by molar-refractivity contribution is 0.662. The lowest BCUT2D eigenvalue weighted by Crippen LogP contribution is -2.16. The third kappa shape index (κ3) is 6.34. The molecule has 4 nitrogen and oxygen atoms in total. The topological polar surface area (TPSA) is 51.8 Å². The van der Waals surface area contributed by atoms with E-state index in [9.17, 15) is 0 Å². The summed E-state index contributed by atoms with van der Waals surface area (Å²) in [5.41, 5.74) is 18.7. The summed E-state index contributed by atoms with van der Waals surface area (Å²) in [6.45, 7) is 4.70. The summed E-state index contributed by atoms with van der Waals surface area (Å²) in [5.74, 6) is 1.78. The molecular formula is C60H41N3O. The maximum absolute atomic E-state index is 6.59. The minimum atomic E-state index is -0.117. The molecule has 12 rings (SSSR count). The van der Waals surface area contributed by atoms with Crippen molar-refractivity contribution in [1.29, 1.82) is 0 Å². The number of furan rings is 1. The second-order valence-electron chi connectivity index (χ2n) is 17.2. The summed E-state index contributed by atoms with van der Waals surface area (Å²) in [4.78, 5) is 15.7. The highest BCUT2D eigenvalue weighted by Crippen LogP contribution is 2.52. The largest absolute Gasteiger partial charge is 0.456 e. The number of hydrogen-bond donors (Lipinski definition) is 0. The molecule has 2 heterocycles. The van der Waals surface area contributed by atoms with E-state index in [1.807, 2.05) is 24.3 Å². The van der Waals surface area contributed by atoms with Gasteiger partial charge in [-0.2, -0.15) is 0 Å². The van der Waals surface area contributed by atoms with Crippen LogP contribution in [0.2, 0.25) is 0 Å². The monoisotopic (exact) mass is 819 g/mol. The molecule has 1 aliphatic carbocycles. The van der Waals surface area contributed by atoms with Crippen LogP contribution in [0.25, 0.3) is 112 Å². The Labute approximate surface area is 372 Å². The summed E-state index contributed by atoms with van der Waals surface area (Å²) in [6, 6.07) is 74.9. The van der Waals surface area contributed by atoms with Gasteiger partial charge in [0.1, 0.15) is 11.2 Å². The highest BCUT2D eigenvalue weighted by molar-refractivity contribution is 6.13. The Morgan fingerprint density at radius 2 is 0.797 bits per heavy atom. The van der Waals surface area contributed by atoms with Gasteiger partial charge in [-0.25, -0.2) is 15.0 Å². The third-order valence-electron chi connectivity index (χ3n) is 12.9. The van der Waals surface area contributed by atoms with E-state index in [0.29, 0.717) is 17.5 Å². The first kappa shape index (κ1) is 37.5. The van der Waals surface area contributed by atoms with Crippen LogP contribution in [0.1, 0.15) is 25.0 Å². The van der Waals surface area contributed by atoms with Crippen LogP contribution < -0.4 is 0 Å². The quantitative estimate of drug-likeness (QED) is 0.161. The highest BCUT2D eigenvalue weighted by atomic mass is 16.3. The van der Waals surface area contributed by atoms with Gasteiger partial charge >= 0.3 is 0 Å². The van der Waals surface area contributed by atoms with Gasteiger partial charge in [-0.15, -0.1) is 0 Å². The Balaban J connectivity index is 1.00. The predicted molar refractivity (Wildman–Crippen MR) is 263 cm³/mol. The summed E-state index contributed by atoms with van der Waals surface area (Å²) in [7, 11) is 0. The zero-order chi connectivity index (χ0) is 42.8. The van der Waals surface area contributed by atoms with Gasteiger partial charge in [-0.05, 0) is 103 Å². The Hall–Kier alpha value is -8.21. The smallest absolute Gasteiger partial charge is 0.164 e. The van der Waals surface area contributed by atoms with Crippen molar-refractivity contribution in [2.24, 2.45) is 0 Å². The van der Waals surface area contributed by atoms with E-state index in [1.165, 1.54) is 33.4 Å². The van der Waals surface area contributed by atoms with Crippen LogP contribution in [-0.4, -0.2) is 15.0 Å². The number of rotatable bonds is 7. The number of nitrogens with zero attached hydrogens (tertiary/aromatic N) is 3. The van der Waals surface area contributed by atoms with Gasteiger partial charge in [-0.3, -0.25) is 0 Å². The second-order valence-corrected chi connectivity index (χ2v) is 17.2. The molecule has 0 saturated carbocycles. The lowest BCUT2D eigenvalue weighted by Gasteiger charge is -2.24. The number of hydrogen-bond acceptors (Lipinski definition) is 4. The normalized spacial score (nSPS) is 12.7. The molecule has 0 radical (unpaired) electrons. The highest BCUT2D eigenvalue weighted by Gasteiger charge is 2.37. The van der Waals surface area contributed by atoms with Crippen LogP contribution >= 0.6 is 0 Å². The number of fused-ring (bicyclic) bond motifs is 6. The SMILES string of the molecule is CC1(C)c2ccccc2-c2cccc(-c3cccc(-c4ccc5oc6cccc(-c7nc(-c8cccc(-c9ccccc9)c8)nc(-c8cccc(-c9ccccc9)c8)n7)c6c5c4)c3)c21. The average Bonchev–Trinajstić information content (AvgIpc) is 3.86. The fourth-order valence-corrected chi connectivity index (χ4v) is 9.84. The zero-order valence-corrected chi connectivity index (χ0v) is 35.5. The van der Waals surface area contributed by atoms with Gasteiger partial charge in [0.15, 0.2) is 17.5 Å². The first-order valence-electron chi connectivity index (χ1n) is 21.8. The van der Waals surface area contributed by atoms with E-state index in [2.05, 4.69) is 202 Å². The van der Waals surface area contributed by atoms with E-state index >= 15 is 0 Å². The lowest BCUT2D eigenvalue weighted by atomic mass is 9.78. The molecule has 0 N–H and O–H groups in total. The van der Waals surface area contributed by atoms with Gasteiger partial charge in [0.05, 0.1) is 0 Å². The molecule has 0 atom stereocenters. The predicted octanol–water partition coefficient (Wildman–Crippen LogP) is 15.7. The van der Waals surface area contributed by atoms with Crippen molar-refractivity contribution in [2.45, 2.75) is 19.3 Å². The summed E-state index contributed by atoms with van der Waals surface area (Å²) >= 11 is 0. The second kappa shape index (κ2) is 15.0. The minimum absolute atomic E-state index is 0.117. The fourth-order valence-electron chi connectivity index (χ4n) is 9.84. The zero-order valence-electron chi connectivity index (χ0n) is 35.5. The maximum atomic E-state index is 6.59. The molecule has 0 saturated heterocycles. The van der Waals surface area contributed by atoms with Gasteiger partial charge in [0.2, 0.25) is 0 Å². The van der Waals surface area contributed by atoms with Crippen LogP contribution in [0.4, 0.5) is 0 Å². The average molecular weight is 820 g/mol. The summed E-state index contributed by atoms with van der Waals surface area (Å²) < 4.78 is 6.59. The molecule has 0 spiro atoms. The molecular weight excluding hydrogens is 779 g/mol. The van der Waals surface area contributed by atoms with Crippen molar-refractivity contribution in [3.63, 3.8) is 0 Å². The van der Waals surface area contributed by atoms with E-state index < -0.39 is 0 Å². The van der Waals surface area contributed by atoms with Crippen molar-refractivity contribution in [3.05, 3.63) is 223 Å². The summed E-state index contributed by atoms with van der Waals surface area (Å²) in [5, 5.41) is 1.97. The Bertz CT molecular complexity index is 3490. The first-order valence-corrected chi connectivity index (χ1v) is 21.8. The maximum Gasteiger partial charge on any atom is 0.164 e. The summed E-state index contributed by atoms with van der Waals surface area (Å²) in [6.07, 6.45) is 0. The molecule has 0 bridgehead atoms. The standard InChI is InChI=1S/C60H41N3O/c1-60(2)52-30-10-9-26-48(52)49-28-14-27-47(56(49)60)44-23-11-22-42(34-44)43-32-33-53-51(37-43)55-50(29-15-31-54(55)64-53)59-62-57(45-24-12-20-40(35-45)38-16-5-3-6-17-38)61-58(63-59)46-25-13-21-41(36-46)39-18-7-4-8-19-39/h3-37H,1-2H3. The third-order valence-corrected chi connectivity index (χ3v) is 12.9. The van der Waals surface area contributed by atoms with Gasteiger partial charge < -0.3 is 4.42 Å². The molecule has 9 aromatic carbocycles. The van der Waals surface area contributed by atoms with Crippen LogP contribution in [0, 0.1) is 0 Å². The number of benzene rings is 9. The molecule has 0 amide bonds. The van der Waals surface area contributed by atoms with Crippen LogP contribution in [0.3, 0.4) is 0 Å². The van der Waals surface area contributed by atoms with Crippen molar-refractivity contribution in [2.75, 3.05) is 0 Å². The van der Waals surface area contributed by atoms with Crippen LogP contribution in [-0.2, 0) is 5.41 Å². The Kier molecular flexibility index (Phi) is 8.80. The minimum Gasteiger partial charge on any atom is -0.456 e. The molecule has 0 fully saturated rings. The van der Waals surface area contributed by atoms with E-state index in [-0.39, 0.29) is 5.41 Å². The van der Waals surface area contributed by atoms with Crippen molar-refractivity contribution in [3.8, 4) is 89.8 Å². The van der Waals surface area contributed by atoms with Crippen molar-refractivity contribution >= 4 is 21.9 Å². The Morgan fingerprint density at radius 3 is 1.48 bits per heavy atom. The first-order chi connectivity index (χ1) is 31.5. The van der Waals surface area contributed by atoms with Crippen LogP contribution in [0.15, 0.2) is 217 Å². The van der Waals surface area contributed by atoms with E-state index in [0.717, 1.165) is 72.0 Å². The molecule has 11 aromatic rings. The van der Waals surface area contributed by atoms with Crippen LogP contribution in [0.5, 0.6) is 0 Å². The molecule has 0 unspecified atom stereocenters. The van der Waals surface area contributed by atoms with Crippen molar-refractivity contribution in [1.82, 2.24) is 15.0 Å². The van der Waals surface area contributed by atoms with E-state index in [4.69, 9.17) is 19.4 Å². The molecule has 4 heteroatoms. The van der Waals surface area contributed by atoms with Crippen molar-refractivity contribution < 1.29 is 4.42 Å². The van der Waals surface area contributed by atoms with Gasteiger partial charge in [0, 0.05) is 32.9 Å². The number of aromatic nitrogens is 3. The fraction of sp³-hybridized carbons (Fsp3) is 0.0500. The van der Waals surface area contributed by atoms with Gasteiger partial charge in [0.25, 0.3) is 0 Å². The molecule has 302 valence electrons. The molecule has 2 aromatic heterocycles.